The maximum Gasteiger partial charge on any atom is 0.325 e. The van der Waals surface area contributed by atoms with Gasteiger partial charge in [0.05, 0.1) is 30.8 Å². The fraction of sp³-hybridized carbons (Fsp3) is 0.342. The van der Waals surface area contributed by atoms with Crippen molar-refractivity contribution in [2.24, 2.45) is 5.73 Å². The maximum atomic E-state index is 14.6. The molecule has 0 aliphatic carbocycles. The predicted octanol–water partition coefficient (Wildman–Crippen LogP) is 3.90. The zero-order valence-corrected chi connectivity index (χ0v) is 28.4. The van der Waals surface area contributed by atoms with Crippen molar-refractivity contribution in [1.82, 2.24) is 10.2 Å². The van der Waals surface area contributed by atoms with E-state index >= 15 is 0 Å². The summed E-state index contributed by atoms with van der Waals surface area (Å²) in [4.78, 5) is 69.6. The van der Waals surface area contributed by atoms with E-state index in [-0.39, 0.29) is 37.6 Å². The highest BCUT2D eigenvalue weighted by Crippen LogP contribution is 2.37. The van der Waals surface area contributed by atoms with Crippen LogP contribution in [0, 0.1) is 11.8 Å². The van der Waals surface area contributed by atoms with E-state index in [2.05, 4.69) is 17.2 Å². The molecule has 1 aliphatic heterocycles. The van der Waals surface area contributed by atoms with E-state index in [9.17, 15) is 24.0 Å². The van der Waals surface area contributed by atoms with Gasteiger partial charge in [0.1, 0.15) is 17.7 Å². The number of carbonyl (C=O) groups is 5. The van der Waals surface area contributed by atoms with Crippen LogP contribution in [0.5, 0.6) is 0 Å². The molecular formula is C38H42N4O7. The Kier molecular flexibility index (Phi) is 11.9. The summed E-state index contributed by atoms with van der Waals surface area (Å²) in [6.45, 7) is 8.72. The molecule has 49 heavy (non-hydrogen) atoms. The van der Waals surface area contributed by atoms with Gasteiger partial charge in [-0.1, -0.05) is 66.6 Å². The SMILES string of the molecule is CCOC(=O)CC(C)N1C(=O)c2cc(C#CC(=O)NCC(N)C(=O)OC(C)(C)C)ccc2N(Cc2ccccc2)C(=O)C1c1ccccc1. The molecule has 3 amide bonds. The molecule has 11 nitrogen and oxygen atoms in total. The van der Waals surface area contributed by atoms with E-state index in [1.807, 2.05) is 36.4 Å². The summed E-state index contributed by atoms with van der Waals surface area (Å²) in [6, 6.07) is 20.3. The van der Waals surface area contributed by atoms with Crippen molar-refractivity contribution in [1.29, 1.82) is 0 Å². The van der Waals surface area contributed by atoms with Crippen molar-refractivity contribution in [3.63, 3.8) is 0 Å². The molecule has 3 N–H and O–H groups in total. The van der Waals surface area contributed by atoms with Crippen molar-refractivity contribution < 1.29 is 33.4 Å². The van der Waals surface area contributed by atoms with Gasteiger partial charge in [0.15, 0.2) is 0 Å². The number of amides is 3. The molecule has 256 valence electrons. The van der Waals surface area contributed by atoms with Crippen LogP contribution >= 0.6 is 0 Å². The van der Waals surface area contributed by atoms with Gasteiger partial charge in [0.25, 0.3) is 17.7 Å². The minimum Gasteiger partial charge on any atom is -0.466 e. The Morgan fingerprint density at radius 2 is 1.63 bits per heavy atom. The Labute approximate surface area is 286 Å². The molecule has 0 saturated heterocycles. The molecule has 0 spiro atoms. The quantitative estimate of drug-likeness (QED) is 0.245. The lowest BCUT2D eigenvalue weighted by Gasteiger charge is -2.35. The lowest BCUT2D eigenvalue weighted by molar-refractivity contribution is -0.156. The van der Waals surface area contributed by atoms with Gasteiger partial charge >= 0.3 is 11.9 Å². The molecule has 3 aromatic carbocycles. The summed E-state index contributed by atoms with van der Waals surface area (Å²) in [5, 5.41) is 2.50. The topological polar surface area (TPSA) is 148 Å². The van der Waals surface area contributed by atoms with Crippen LogP contribution < -0.4 is 16.0 Å². The first kappa shape index (κ1) is 36.4. The molecule has 0 aromatic heterocycles. The van der Waals surface area contributed by atoms with Gasteiger partial charge in [0.2, 0.25) is 0 Å². The van der Waals surface area contributed by atoms with Crippen LogP contribution in [0.4, 0.5) is 5.69 Å². The van der Waals surface area contributed by atoms with Crippen molar-refractivity contribution in [3.8, 4) is 11.8 Å². The molecule has 1 aliphatic rings. The highest BCUT2D eigenvalue weighted by molar-refractivity contribution is 6.11. The van der Waals surface area contributed by atoms with Gasteiger partial charge in [-0.15, -0.1) is 0 Å². The normalized spacial score (nSPS) is 15.6. The number of benzene rings is 3. The van der Waals surface area contributed by atoms with Crippen LogP contribution in [-0.2, 0) is 35.2 Å². The number of hydrogen-bond donors (Lipinski definition) is 2. The Bertz CT molecular complexity index is 1740. The van der Waals surface area contributed by atoms with Crippen molar-refractivity contribution in [3.05, 3.63) is 101 Å². The fourth-order valence-corrected chi connectivity index (χ4v) is 5.38. The maximum absolute atomic E-state index is 14.6. The third-order valence-electron chi connectivity index (χ3n) is 7.58. The van der Waals surface area contributed by atoms with E-state index in [1.165, 1.54) is 11.0 Å². The lowest BCUT2D eigenvalue weighted by Crippen LogP contribution is -2.47. The second kappa shape index (κ2) is 16.1. The first-order valence-electron chi connectivity index (χ1n) is 16.1. The summed E-state index contributed by atoms with van der Waals surface area (Å²) in [5.74, 6) is 2.57. The van der Waals surface area contributed by atoms with Gasteiger partial charge in [-0.05, 0) is 63.9 Å². The average Bonchev–Trinajstić information content (AvgIpc) is 3.15. The molecule has 3 unspecified atom stereocenters. The first-order chi connectivity index (χ1) is 23.3. The number of nitrogens with two attached hydrogens (primary N) is 1. The summed E-state index contributed by atoms with van der Waals surface area (Å²) >= 11 is 0. The van der Waals surface area contributed by atoms with Crippen LogP contribution in [-0.4, -0.2) is 65.4 Å². The number of esters is 2. The smallest absolute Gasteiger partial charge is 0.325 e. The predicted molar refractivity (Wildman–Crippen MR) is 184 cm³/mol. The number of nitrogens with zero attached hydrogens (tertiary/aromatic N) is 2. The Morgan fingerprint density at radius 3 is 2.27 bits per heavy atom. The molecule has 3 aromatic rings. The largest absolute Gasteiger partial charge is 0.466 e. The van der Waals surface area contributed by atoms with E-state index in [0.717, 1.165) is 5.56 Å². The molecule has 4 rings (SSSR count). The van der Waals surface area contributed by atoms with Crippen LogP contribution in [0.2, 0.25) is 0 Å². The van der Waals surface area contributed by atoms with Gasteiger partial charge in [-0.3, -0.25) is 24.0 Å². The summed E-state index contributed by atoms with van der Waals surface area (Å²) in [5.41, 5.74) is 7.45. The minimum absolute atomic E-state index is 0.130. The van der Waals surface area contributed by atoms with Crippen LogP contribution in [0.15, 0.2) is 78.9 Å². The van der Waals surface area contributed by atoms with Crippen molar-refractivity contribution >= 4 is 35.3 Å². The summed E-state index contributed by atoms with van der Waals surface area (Å²) in [6.07, 6.45) is -0.130. The number of nitrogens with one attached hydrogen (secondary N) is 1. The molecule has 3 atom stereocenters. The molecule has 0 saturated carbocycles. The zero-order chi connectivity index (χ0) is 35.7. The number of fused-ring (bicyclic) bond motifs is 1. The van der Waals surface area contributed by atoms with E-state index in [0.29, 0.717) is 16.8 Å². The molecule has 0 fully saturated rings. The van der Waals surface area contributed by atoms with Crippen LogP contribution in [0.25, 0.3) is 0 Å². The zero-order valence-electron chi connectivity index (χ0n) is 28.4. The summed E-state index contributed by atoms with van der Waals surface area (Å²) < 4.78 is 10.4. The highest BCUT2D eigenvalue weighted by Gasteiger charge is 2.43. The summed E-state index contributed by atoms with van der Waals surface area (Å²) in [7, 11) is 0. The van der Waals surface area contributed by atoms with Gasteiger partial charge in [0, 0.05) is 24.1 Å². The number of rotatable bonds is 10. The standard InChI is InChI=1S/C38H42N4O7/c1-6-48-33(44)21-25(2)42-34(28-15-11-8-12-16-28)36(46)41(24-27-13-9-7-10-14-27)31-19-17-26(22-29(31)35(42)45)18-20-32(43)40-23-30(39)37(47)49-38(3,4)5/h7-17,19,22,25,30,34H,6,21,23-24,39H2,1-5H3,(H,40,43). The lowest BCUT2D eigenvalue weighted by atomic mass is 10.0. The second-order valence-electron chi connectivity index (χ2n) is 12.6. The third-order valence-corrected chi connectivity index (χ3v) is 7.58. The first-order valence-corrected chi connectivity index (χ1v) is 16.1. The molecule has 0 bridgehead atoms. The monoisotopic (exact) mass is 666 g/mol. The minimum atomic E-state index is -1.08. The average molecular weight is 667 g/mol. The number of ether oxygens (including phenoxy) is 2. The Morgan fingerprint density at radius 1 is 0.980 bits per heavy atom. The number of hydrogen-bond acceptors (Lipinski definition) is 8. The van der Waals surface area contributed by atoms with Gasteiger partial charge in [-0.25, -0.2) is 0 Å². The van der Waals surface area contributed by atoms with Crippen molar-refractivity contribution in [2.75, 3.05) is 18.1 Å². The number of carbonyl (C=O) groups excluding carboxylic acids is 5. The Hall–Kier alpha value is -5.47. The van der Waals surface area contributed by atoms with E-state index in [1.54, 1.807) is 75.9 Å². The number of anilines is 1. The van der Waals surface area contributed by atoms with Gasteiger partial charge in [-0.2, -0.15) is 0 Å². The fourth-order valence-electron chi connectivity index (χ4n) is 5.38. The second-order valence-corrected chi connectivity index (χ2v) is 12.6. The van der Waals surface area contributed by atoms with Crippen LogP contribution in [0.1, 0.15) is 74.1 Å². The van der Waals surface area contributed by atoms with E-state index in [4.69, 9.17) is 15.2 Å². The van der Waals surface area contributed by atoms with Crippen molar-refractivity contribution in [2.45, 2.75) is 71.3 Å². The Balaban J connectivity index is 1.73. The van der Waals surface area contributed by atoms with Gasteiger partial charge < -0.3 is 30.3 Å². The molecule has 1 heterocycles. The molecular weight excluding hydrogens is 624 g/mol. The highest BCUT2D eigenvalue weighted by atomic mass is 16.6. The molecule has 0 radical (unpaired) electrons. The van der Waals surface area contributed by atoms with Crippen LogP contribution in [0.3, 0.4) is 0 Å². The molecule has 11 heteroatoms. The van der Waals surface area contributed by atoms with E-state index < -0.39 is 47.5 Å². The third kappa shape index (κ3) is 9.55.